The molecule has 7 rings (SSSR count). The summed E-state index contributed by atoms with van der Waals surface area (Å²) >= 11 is 0. The molecule has 3 fully saturated rings. The second kappa shape index (κ2) is 11.9. The molecule has 4 amide bonds. The summed E-state index contributed by atoms with van der Waals surface area (Å²) in [6.07, 6.45) is 2.39. The van der Waals surface area contributed by atoms with Gasteiger partial charge in [-0.25, -0.2) is 13.4 Å². The van der Waals surface area contributed by atoms with Gasteiger partial charge in [0.15, 0.2) is 5.82 Å². The molecule has 3 aliphatic rings. The Morgan fingerprint density at radius 2 is 1.79 bits per heavy atom. The second-order valence-electron chi connectivity index (χ2n) is 12.4. The summed E-state index contributed by atoms with van der Waals surface area (Å²) in [4.78, 5) is 50.7. The summed E-state index contributed by atoms with van der Waals surface area (Å²) in [5.74, 6) is -3.55. The van der Waals surface area contributed by atoms with Crippen molar-refractivity contribution in [3.8, 4) is 5.75 Å². The molecule has 14 nitrogen and oxygen atoms in total. The third-order valence-corrected chi connectivity index (χ3v) is 10.7. The van der Waals surface area contributed by atoms with E-state index in [0.717, 1.165) is 29.3 Å². The van der Waals surface area contributed by atoms with E-state index in [1.54, 1.807) is 9.40 Å². The van der Waals surface area contributed by atoms with Gasteiger partial charge in [0.25, 0.3) is 5.91 Å². The van der Waals surface area contributed by atoms with Crippen LogP contribution in [0.3, 0.4) is 0 Å². The van der Waals surface area contributed by atoms with Crippen LogP contribution in [-0.4, -0.2) is 78.0 Å². The molecule has 3 aromatic carbocycles. The highest BCUT2D eigenvalue weighted by molar-refractivity contribution is 7.92. The van der Waals surface area contributed by atoms with Crippen LogP contribution >= 0.6 is 0 Å². The van der Waals surface area contributed by atoms with Crippen molar-refractivity contribution in [2.45, 2.75) is 37.5 Å². The third kappa shape index (κ3) is 5.70. The Balaban J connectivity index is 0.982. The van der Waals surface area contributed by atoms with Crippen LogP contribution in [0.5, 0.6) is 5.75 Å². The van der Waals surface area contributed by atoms with Crippen molar-refractivity contribution in [2.24, 2.45) is 7.05 Å². The number of fused-ring (bicyclic) bond motifs is 2. The first-order valence-corrected chi connectivity index (χ1v) is 16.9. The number of phenolic OH excluding ortho intramolecular Hbond substituents is 1. The van der Waals surface area contributed by atoms with Crippen molar-refractivity contribution in [2.75, 3.05) is 35.8 Å². The van der Waals surface area contributed by atoms with E-state index >= 15 is 4.39 Å². The molecular weight excluding hydrogens is 645 g/mol. The van der Waals surface area contributed by atoms with E-state index in [1.165, 1.54) is 24.3 Å². The van der Waals surface area contributed by atoms with Gasteiger partial charge in [0, 0.05) is 29.9 Å². The first-order chi connectivity index (χ1) is 22.9. The van der Waals surface area contributed by atoms with Gasteiger partial charge in [-0.3, -0.25) is 34.1 Å². The monoisotopic (exact) mass is 677 g/mol. The molecular formula is C32H32FN7O7S. The highest BCUT2D eigenvalue weighted by Crippen LogP contribution is 2.39. The Morgan fingerprint density at radius 1 is 1.04 bits per heavy atom. The molecule has 4 heterocycles. The number of phenols is 1. The van der Waals surface area contributed by atoms with Crippen molar-refractivity contribution >= 4 is 66.9 Å². The summed E-state index contributed by atoms with van der Waals surface area (Å²) in [5.41, 5.74) is 2.50. The van der Waals surface area contributed by atoms with E-state index in [2.05, 4.69) is 32.8 Å². The topological polar surface area (TPSA) is 183 Å². The Labute approximate surface area is 274 Å². The number of piperidine rings is 2. The number of carbonyl (C=O) groups excluding carboxylic acids is 4. The number of halogens is 1. The second-order valence-corrected chi connectivity index (χ2v) is 14.0. The average molecular weight is 678 g/mol. The van der Waals surface area contributed by atoms with Crippen LogP contribution < -0.4 is 19.7 Å². The molecule has 0 saturated carbocycles. The lowest BCUT2D eigenvalue weighted by Crippen LogP contribution is -2.39. The van der Waals surface area contributed by atoms with E-state index in [-0.39, 0.29) is 47.4 Å². The van der Waals surface area contributed by atoms with Gasteiger partial charge in [0.05, 0.1) is 23.7 Å². The maximum Gasteiger partial charge on any atom is 0.326 e. The Morgan fingerprint density at radius 3 is 2.50 bits per heavy atom. The van der Waals surface area contributed by atoms with Crippen LogP contribution in [0.2, 0.25) is 0 Å². The molecule has 3 aliphatic heterocycles. The molecule has 16 heteroatoms. The van der Waals surface area contributed by atoms with Crippen LogP contribution in [-0.2, 0) is 36.4 Å². The van der Waals surface area contributed by atoms with Gasteiger partial charge >= 0.3 is 10.2 Å². The largest absolute Gasteiger partial charge is 0.506 e. The van der Waals surface area contributed by atoms with Gasteiger partial charge in [0.1, 0.15) is 18.0 Å². The number of nitrogens with one attached hydrogen (secondary N) is 3. The third-order valence-electron chi connectivity index (χ3n) is 9.28. The number of nitrogens with zero attached hydrogens (tertiary/aromatic N) is 4. The molecule has 250 valence electrons. The molecule has 48 heavy (non-hydrogen) atoms. The van der Waals surface area contributed by atoms with Crippen LogP contribution in [0.4, 0.5) is 15.8 Å². The zero-order valence-corrected chi connectivity index (χ0v) is 26.6. The van der Waals surface area contributed by atoms with Crippen LogP contribution in [0.25, 0.3) is 21.7 Å². The zero-order valence-electron chi connectivity index (χ0n) is 25.8. The molecule has 4 N–H and O–H groups in total. The van der Waals surface area contributed by atoms with Gasteiger partial charge in [-0.1, -0.05) is 12.1 Å². The summed E-state index contributed by atoms with van der Waals surface area (Å²) in [6.45, 7) is 0.878. The van der Waals surface area contributed by atoms with E-state index in [4.69, 9.17) is 0 Å². The number of hydrogen-bond donors (Lipinski definition) is 4. The van der Waals surface area contributed by atoms with E-state index in [1.807, 2.05) is 13.1 Å². The van der Waals surface area contributed by atoms with Crippen molar-refractivity contribution in [1.82, 2.24) is 24.7 Å². The summed E-state index contributed by atoms with van der Waals surface area (Å²) < 4.78 is 43.8. The van der Waals surface area contributed by atoms with Crippen molar-refractivity contribution < 1.29 is 37.1 Å². The Kier molecular flexibility index (Phi) is 7.78. The molecule has 0 aliphatic carbocycles. The minimum absolute atomic E-state index is 0.00827. The lowest BCUT2D eigenvalue weighted by Gasteiger charge is -2.31. The smallest absolute Gasteiger partial charge is 0.326 e. The van der Waals surface area contributed by atoms with Crippen LogP contribution in [0.15, 0.2) is 42.5 Å². The molecule has 4 aromatic rings. The van der Waals surface area contributed by atoms with Gasteiger partial charge in [0.2, 0.25) is 17.7 Å². The number of carbonyl (C=O) groups is 4. The maximum atomic E-state index is 15.4. The van der Waals surface area contributed by atoms with Crippen LogP contribution in [0, 0.1) is 5.82 Å². The Hall–Kier alpha value is -5.09. The van der Waals surface area contributed by atoms with E-state index in [0.29, 0.717) is 35.2 Å². The number of aromatic nitrogens is 2. The average Bonchev–Trinajstić information content (AvgIpc) is 3.50. The van der Waals surface area contributed by atoms with Gasteiger partial charge in [-0.05, 0) is 79.6 Å². The summed E-state index contributed by atoms with van der Waals surface area (Å²) in [5, 5.41) is 21.5. The highest BCUT2D eigenvalue weighted by Gasteiger charge is 2.38. The molecule has 0 spiro atoms. The van der Waals surface area contributed by atoms with Crippen molar-refractivity contribution in [3.63, 3.8) is 0 Å². The first kappa shape index (κ1) is 31.5. The summed E-state index contributed by atoms with van der Waals surface area (Å²) in [7, 11) is -2.49. The maximum absolute atomic E-state index is 15.4. The molecule has 0 bridgehead atoms. The molecule has 0 radical (unpaired) electrons. The normalized spacial score (nSPS) is 20.3. The van der Waals surface area contributed by atoms with Gasteiger partial charge in [-0.2, -0.15) is 13.5 Å². The predicted molar refractivity (Wildman–Crippen MR) is 173 cm³/mol. The van der Waals surface area contributed by atoms with Crippen LogP contribution in [0.1, 0.15) is 48.8 Å². The summed E-state index contributed by atoms with van der Waals surface area (Å²) in [6, 6.07) is 11.7. The minimum atomic E-state index is -4.33. The highest BCUT2D eigenvalue weighted by atomic mass is 32.2. The molecule has 1 atom stereocenters. The quantitative estimate of drug-likeness (QED) is 0.222. The van der Waals surface area contributed by atoms with Crippen molar-refractivity contribution in [1.29, 1.82) is 0 Å². The molecule has 1 unspecified atom stereocenters. The lowest BCUT2D eigenvalue weighted by molar-refractivity contribution is -0.134. The number of anilines is 2. The number of rotatable bonds is 6. The number of hydrogen-bond acceptors (Lipinski definition) is 9. The number of aromatic hydroxyl groups is 1. The van der Waals surface area contributed by atoms with Gasteiger partial charge in [-0.15, -0.1) is 0 Å². The number of aryl methyl sites for hydroxylation is 1. The SMILES string of the molecule is Cn1nc(C2CCC(=O)NC2=O)c2ccc(C3CCN(CC(=O)Nc4ccc5c(F)c(N6CC(=O)NS6(=O)=O)c(O)cc5c4)CC3)cc21. The Bertz CT molecular complexity index is 2140. The standard InChI is InChI=1S/C32H32FN7O7S/c1-38-24-13-18(2-4-22(24)30(36-38)23-6-7-26(42)35-32(23)45)17-8-10-39(11-9-17)15-27(43)34-20-3-5-21-19(12-20)14-25(41)31(29(21)33)40-16-28(44)37-48(40,46)47/h2-5,12-14,17,23,41H,6-11,15-16H2,1H3,(H,34,43)(H,37,44)(H,35,42,45). The van der Waals surface area contributed by atoms with E-state index in [9.17, 15) is 32.7 Å². The minimum Gasteiger partial charge on any atom is -0.506 e. The van der Waals surface area contributed by atoms with Crippen molar-refractivity contribution in [3.05, 3.63) is 59.5 Å². The number of imide groups is 1. The molecule has 3 saturated heterocycles. The van der Waals surface area contributed by atoms with Gasteiger partial charge < -0.3 is 10.4 Å². The number of amides is 4. The fourth-order valence-corrected chi connectivity index (χ4v) is 8.06. The first-order valence-electron chi connectivity index (χ1n) is 15.5. The fraction of sp³-hybridized carbons (Fsp3) is 0.344. The predicted octanol–water partition coefficient (Wildman–Crippen LogP) is 2.09. The number of benzene rings is 3. The van der Waals surface area contributed by atoms with E-state index < -0.39 is 45.8 Å². The molecule has 1 aromatic heterocycles. The number of likely N-dealkylation sites (tertiary alicyclic amines) is 1. The fourth-order valence-electron chi connectivity index (χ4n) is 6.89. The zero-order chi connectivity index (χ0) is 33.9. The lowest BCUT2D eigenvalue weighted by atomic mass is 9.88.